The minimum atomic E-state index is -0.996. The standard InChI is InChI=1S/C10H10Cl2OS2/c1-14-9(15(2)13)6-7-4-3-5-8(11)10(7)12/h3-6H,1-2H3/b9-6+. The topological polar surface area (TPSA) is 17.1 Å². The molecular weight excluding hydrogens is 271 g/mol. The van der Waals surface area contributed by atoms with Crippen molar-refractivity contribution in [3.63, 3.8) is 0 Å². The number of halogens is 2. The Labute approximate surface area is 106 Å². The molecule has 1 unspecified atom stereocenters. The number of thioether (sulfide) groups is 1. The van der Waals surface area contributed by atoms with Crippen molar-refractivity contribution in [2.75, 3.05) is 12.5 Å². The Morgan fingerprint density at radius 1 is 1.47 bits per heavy atom. The van der Waals surface area contributed by atoms with Gasteiger partial charge in [0.15, 0.2) is 0 Å². The summed E-state index contributed by atoms with van der Waals surface area (Å²) in [7, 11) is -0.996. The normalized spacial score (nSPS) is 14.0. The van der Waals surface area contributed by atoms with Crippen molar-refractivity contribution in [2.45, 2.75) is 0 Å². The van der Waals surface area contributed by atoms with E-state index in [9.17, 15) is 4.21 Å². The molecule has 0 aromatic heterocycles. The molecule has 15 heavy (non-hydrogen) atoms. The van der Waals surface area contributed by atoms with Crippen LogP contribution in [-0.4, -0.2) is 16.7 Å². The summed E-state index contributed by atoms with van der Waals surface area (Å²) in [4.78, 5) is 0. The van der Waals surface area contributed by atoms with E-state index in [2.05, 4.69) is 0 Å². The van der Waals surface area contributed by atoms with E-state index in [4.69, 9.17) is 23.2 Å². The van der Waals surface area contributed by atoms with Gasteiger partial charge in [-0.2, -0.15) is 0 Å². The van der Waals surface area contributed by atoms with Gasteiger partial charge < -0.3 is 0 Å². The van der Waals surface area contributed by atoms with Gasteiger partial charge in [-0.1, -0.05) is 35.3 Å². The van der Waals surface area contributed by atoms with Crippen LogP contribution < -0.4 is 0 Å². The van der Waals surface area contributed by atoms with Crippen molar-refractivity contribution < 1.29 is 4.21 Å². The van der Waals surface area contributed by atoms with Crippen LogP contribution in [0.2, 0.25) is 10.0 Å². The zero-order chi connectivity index (χ0) is 11.4. The Morgan fingerprint density at radius 3 is 2.67 bits per heavy atom. The number of rotatable bonds is 3. The van der Waals surface area contributed by atoms with Crippen LogP contribution in [0.1, 0.15) is 5.56 Å². The molecule has 0 amide bonds. The second kappa shape index (κ2) is 5.94. The minimum Gasteiger partial charge on any atom is -0.254 e. The monoisotopic (exact) mass is 280 g/mol. The highest BCUT2D eigenvalue weighted by molar-refractivity contribution is 8.16. The van der Waals surface area contributed by atoms with Crippen LogP contribution in [0.4, 0.5) is 0 Å². The van der Waals surface area contributed by atoms with Gasteiger partial charge >= 0.3 is 0 Å². The largest absolute Gasteiger partial charge is 0.254 e. The maximum absolute atomic E-state index is 11.3. The molecule has 0 aliphatic heterocycles. The Kier molecular flexibility index (Phi) is 5.19. The lowest BCUT2D eigenvalue weighted by Gasteiger charge is -2.03. The molecule has 0 aliphatic rings. The number of benzene rings is 1. The summed E-state index contributed by atoms with van der Waals surface area (Å²) in [6.07, 6.45) is 5.32. The van der Waals surface area contributed by atoms with Crippen molar-refractivity contribution in [3.05, 3.63) is 38.0 Å². The summed E-state index contributed by atoms with van der Waals surface area (Å²) >= 11 is 13.3. The van der Waals surface area contributed by atoms with Crippen molar-refractivity contribution >= 4 is 51.8 Å². The average Bonchev–Trinajstić information content (AvgIpc) is 2.19. The molecule has 0 spiro atoms. The fourth-order valence-corrected chi connectivity index (χ4v) is 2.86. The quantitative estimate of drug-likeness (QED) is 0.832. The molecule has 1 nitrogen and oxygen atoms in total. The Bertz CT molecular complexity index is 416. The van der Waals surface area contributed by atoms with E-state index in [-0.39, 0.29) is 0 Å². The lowest BCUT2D eigenvalue weighted by Crippen LogP contribution is -1.87. The van der Waals surface area contributed by atoms with E-state index in [1.807, 2.05) is 18.4 Å². The average molecular weight is 281 g/mol. The first-order valence-electron chi connectivity index (χ1n) is 4.09. The van der Waals surface area contributed by atoms with Gasteiger partial charge in [0, 0.05) is 6.26 Å². The summed E-state index contributed by atoms with van der Waals surface area (Å²) in [6, 6.07) is 5.39. The lowest BCUT2D eigenvalue weighted by molar-refractivity contribution is 0.691. The molecule has 0 bridgehead atoms. The van der Waals surface area contributed by atoms with Crippen LogP contribution in [-0.2, 0) is 10.8 Å². The smallest absolute Gasteiger partial charge is 0.0716 e. The van der Waals surface area contributed by atoms with E-state index in [0.29, 0.717) is 10.0 Å². The van der Waals surface area contributed by atoms with Crippen LogP contribution in [0.15, 0.2) is 22.4 Å². The molecule has 0 fully saturated rings. The third-order valence-electron chi connectivity index (χ3n) is 1.74. The van der Waals surface area contributed by atoms with Crippen LogP contribution in [0.3, 0.4) is 0 Å². The molecule has 5 heteroatoms. The van der Waals surface area contributed by atoms with Crippen molar-refractivity contribution in [2.24, 2.45) is 0 Å². The fraction of sp³-hybridized carbons (Fsp3) is 0.200. The molecule has 1 atom stereocenters. The predicted molar refractivity (Wildman–Crippen MR) is 72.0 cm³/mol. The van der Waals surface area contributed by atoms with Crippen LogP contribution >= 0.6 is 35.0 Å². The first-order valence-corrected chi connectivity index (χ1v) is 7.63. The second-order valence-corrected chi connectivity index (χ2v) is 6.00. The van der Waals surface area contributed by atoms with E-state index < -0.39 is 10.8 Å². The zero-order valence-corrected chi connectivity index (χ0v) is 11.4. The SMILES string of the molecule is CS/C(=C\c1cccc(Cl)c1Cl)S(C)=O. The Balaban J connectivity index is 3.17. The van der Waals surface area contributed by atoms with Gasteiger partial charge in [-0.3, -0.25) is 4.21 Å². The summed E-state index contributed by atoms with van der Waals surface area (Å²) in [6.45, 7) is 0. The highest BCUT2D eigenvalue weighted by Gasteiger charge is 2.05. The van der Waals surface area contributed by atoms with E-state index in [0.717, 1.165) is 9.80 Å². The van der Waals surface area contributed by atoms with Crippen LogP contribution in [0.25, 0.3) is 6.08 Å². The van der Waals surface area contributed by atoms with Crippen LogP contribution in [0.5, 0.6) is 0 Å². The first-order chi connectivity index (χ1) is 7.06. The van der Waals surface area contributed by atoms with Gasteiger partial charge in [-0.05, 0) is 24.0 Å². The Hall–Kier alpha value is 0.0400. The van der Waals surface area contributed by atoms with Gasteiger partial charge in [-0.15, -0.1) is 11.8 Å². The predicted octanol–water partition coefficient (Wildman–Crippen LogP) is 4.03. The summed E-state index contributed by atoms with van der Waals surface area (Å²) in [5.41, 5.74) is 0.795. The maximum Gasteiger partial charge on any atom is 0.0716 e. The molecule has 0 heterocycles. The van der Waals surface area contributed by atoms with E-state index in [1.165, 1.54) is 11.8 Å². The molecule has 0 radical (unpaired) electrons. The third-order valence-corrected chi connectivity index (χ3v) is 4.98. The minimum absolute atomic E-state index is 0.496. The van der Waals surface area contributed by atoms with Crippen LogP contribution in [0, 0.1) is 0 Å². The highest BCUT2D eigenvalue weighted by Crippen LogP contribution is 2.29. The number of hydrogen-bond donors (Lipinski definition) is 0. The zero-order valence-electron chi connectivity index (χ0n) is 8.29. The molecular formula is C10H10Cl2OS2. The second-order valence-electron chi connectivity index (χ2n) is 2.76. The molecule has 1 aromatic rings. The Morgan fingerprint density at radius 2 is 2.13 bits per heavy atom. The van der Waals surface area contributed by atoms with Gasteiger partial charge in [0.25, 0.3) is 0 Å². The van der Waals surface area contributed by atoms with Gasteiger partial charge in [-0.25, -0.2) is 0 Å². The molecule has 0 saturated carbocycles. The number of hydrogen-bond acceptors (Lipinski definition) is 2. The van der Waals surface area contributed by atoms with Gasteiger partial charge in [0.05, 0.1) is 25.1 Å². The van der Waals surface area contributed by atoms with E-state index >= 15 is 0 Å². The molecule has 0 saturated heterocycles. The van der Waals surface area contributed by atoms with E-state index in [1.54, 1.807) is 18.4 Å². The molecule has 0 aliphatic carbocycles. The van der Waals surface area contributed by atoms with Gasteiger partial charge in [0.1, 0.15) is 0 Å². The van der Waals surface area contributed by atoms with Crippen molar-refractivity contribution in [3.8, 4) is 0 Å². The van der Waals surface area contributed by atoms with Crippen molar-refractivity contribution in [1.29, 1.82) is 0 Å². The summed E-state index contributed by atoms with van der Waals surface area (Å²) < 4.78 is 12.1. The van der Waals surface area contributed by atoms with Gasteiger partial charge in [0.2, 0.25) is 0 Å². The molecule has 82 valence electrons. The summed E-state index contributed by atoms with van der Waals surface area (Å²) in [5, 5.41) is 1.00. The fourth-order valence-electron chi connectivity index (χ4n) is 1.02. The van der Waals surface area contributed by atoms with Crippen molar-refractivity contribution in [1.82, 2.24) is 0 Å². The maximum atomic E-state index is 11.3. The third kappa shape index (κ3) is 3.52. The molecule has 1 aromatic carbocycles. The summed E-state index contributed by atoms with van der Waals surface area (Å²) in [5.74, 6) is 0. The lowest BCUT2D eigenvalue weighted by atomic mass is 10.2. The first kappa shape index (κ1) is 13.1. The molecule has 0 N–H and O–H groups in total. The highest BCUT2D eigenvalue weighted by atomic mass is 35.5. The molecule has 1 rings (SSSR count).